The minimum Gasteiger partial charge on any atom is -0.491 e. The van der Waals surface area contributed by atoms with Crippen LogP contribution in [0.2, 0.25) is 0 Å². The summed E-state index contributed by atoms with van der Waals surface area (Å²) in [6.45, 7) is 4.95. The number of hydrogen-bond acceptors (Lipinski definition) is 0. The summed E-state index contributed by atoms with van der Waals surface area (Å²) in [6.07, 6.45) is -5.76. The van der Waals surface area contributed by atoms with Crippen molar-refractivity contribution in [3.05, 3.63) is 117 Å². The normalized spacial score (nSPS) is 12.3. The number of rotatable bonds is 5. The van der Waals surface area contributed by atoms with Crippen molar-refractivity contribution >= 4 is 28.4 Å². The Bertz CT molecular complexity index is 1610. The first-order valence-electron chi connectivity index (χ1n) is 12.4. The van der Waals surface area contributed by atoms with E-state index in [1.165, 1.54) is 12.1 Å². The second-order valence-corrected chi connectivity index (χ2v) is 10.9. The van der Waals surface area contributed by atoms with Crippen LogP contribution in [-0.2, 0) is 5.41 Å². The lowest BCUT2D eigenvalue weighted by Crippen LogP contribution is -3.09. The zero-order chi connectivity index (χ0) is 34.1. The van der Waals surface area contributed by atoms with Gasteiger partial charge in [-0.1, -0.05) is 49.3 Å². The van der Waals surface area contributed by atoms with Crippen LogP contribution in [-0.4, -0.2) is 6.28 Å². The van der Waals surface area contributed by atoms with Gasteiger partial charge < -0.3 is 5.23 Å². The molecular weight excluding hydrogens is 646 g/mol. The number of quaternary nitrogens is 1. The Labute approximate surface area is 243 Å². The standard InChI is InChI=1S/C28H15BF15N/c1-28(2,3)8-4-6-9(7-5-8)45-29(10-13(30)19(36)25(42)20(37)14(10)31,11-15(32)21(38)26(43)22(39)16(11)33)12-17(34)23(40)27(44)24(41)18(12)35/h4-7H,45H2,1-3H3. The van der Waals surface area contributed by atoms with E-state index in [4.69, 9.17) is 0 Å². The van der Waals surface area contributed by atoms with E-state index in [1.54, 1.807) is 20.8 Å². The fraction of sp³-hybridized carbons (Fsp3) is 0.143. The van der Waals surface area contributed by atoms with E-state index in [-0.39, 0.29) is 5.23 Å². The molecule has 0 saturated carbocycles. The lowest BCUT2D eigenvalue weighted by molar-refractivity contribution is -0.426. The molecule has 0 bridgehead atoms. The quantitative estimate of drug-likeness (QED) is 0.0899. The van der Waals surface area contributed by atoms with Crippen LogP contribution in [0.3, 0.4) is 0 Å². The van der Waals surface area contributed by atoms with Crippen LogP contribution >= 0.6 is 0 Å². The van der Waals surface area contributed by atoms with Crippen LogP contribution in [0.5, 0.6) is 0 Å². The van der Waals surface area contributed by atoms with Crippen molar-refractivity contribution in [2.45, 2.75) is 26.2 Å². The predicted molar refractivity (Wildman–Crippen MR) is 130 cm³/mol. The molecule has 0 fully saturated rings. The van der Waals surface area contributed by atoms with Crippen molar-refractivity contribution in [3.8, 4) is 0 Å². The molecule has 0 unspecified atom stereocenters. The molecule has 45 heavy (non-hydrogen) atoms. The van der Waals surface area contributed by atoms with Gasteiger partial charge in [0.15, 0.2) is 52.4 Å². The minimum atomic E-state index is -5.76. The largest absolute Gasteiger partial charge is 0.491 e. The molecule has 0 spiro atoms. The van der Waals surface area contributed by atoms with Gasteiger partial charge in [0.05, 0.1) is 5.69 Å². The van der Waals surface area contributed by atoms with Crippen LogP contribution in [0.15, 0.2) is 24.3 Å². The summed E-state index contributed by atoms with van der Waals surface area (Å²) in [7, 11) is 0. The smallest absolute Gasteiger partial charge is 0.310 e. The SMILES string of the molecule is CC(C)(C)c1ccc([NH2+][B-](c2c(F)c(F)c(F)c(F)c2F)(c2c(F)c(F)c(F)c(F)c2F)c2c(F)c(F)c(F)c(F)c2F)cc1. The summed E-state index contributed by atoms with van der Waals surface area (Å²) in [5.41, 5.74) is -9.03. The fourth-order valence-corrected chi connectivity index (χ4v) is 5.13. The van der Waals surface area contributed by atoms with Crippen molar-refractivity contribution in [3.63, 3.8) is 0 Å². The maximum absolute atomic E-state index is 15.5. The molecule has 0 radical (unpaired) electrons. The Balaban J connectivity index is 2.41. The summed E-state index contributed by atoms with van der Waals surface area (Å²) in [6, 6.07) is 4.06. The van der Waals surface area contributed by atoms with Gasteiger partial charge in [0.1, 0.15) is 34.9 Å². The average Bonchev–Trinajstić information content (AvgIpc) is 2.98. The van der Waals surface area contributed by atoms with Gasteiger partial charge in [0.2, 0.25) is 0 Å². The van der Waals surface area contributed by atoms with Crippen LogP contribution < -0.4 is 21.6 Å². The monoisotopic (exact) mass is 661 g/mol. The molecule has 0 aromatic heterocycles. The molecule has 0 aliphatic heterocycles. The molecule has 0 heterocycles. The summed E-state index contributed by atoms with van der Waals surface area (Å²) in [5, 5.41) is -0.0960. The van der Waals surface area contributed by atoms with Gasteiger partial charge >= 0.3 is 6.28 Å². The molecule has 0 aliphatic carbocycles. The molecular formula is C28H15BF15N. The molecule has 4 aromatic carbocycles. The van der Waals surface area contributed by atoms with Gasteiger partial charge in [0, 0.05) is 0 Å². The Kier molecular flexibility index (Phi) is 8.50. The second-order valence-electron chi connectivity index (χ2n) is 10.9. The summed E-state index contributed by atoms with van der Waals surface area (Å²) in [4.78, 5) is 0. The van der Waals surface area contributed by atoms with Gasteiger partial charge in [-0.05, 0) is 23.1 Å². The van der Waals surface area contributed by atoms with E-state index in [1.807, 2.05) is 0 Å². The van der Waals surface area contributed by atoms with Crippen LogP contribution in [0, 0.1) is 87.3 Å². The maximum Gasteiger partial charge on any atom is 0.310 e. The Morgan fingerprint density at radius 1 is 0.378 bits per heavy atom. The van der Waals surface area contributed by atoms with E-state index in [9.17, 15) is 39.5 Å². The molecule has 4 rings (SSSR count). The Hall–Kier alpha value is -4.15. The highest BCUT2D eigenvalue weighted by Gasteiger charge is 2.53. The highest BCUT2D eigenvalue weighted by atomic mass is 19.2. The first-order valence-corrected chi connectivity index (χ1v) is 12.4. The Morgan fingerprint density at radius 3 is 0.822 bits per heavy atom. The van der Waals surface area contributed by atoms with Crippen molar-refractivity contribution in [1.82, 2.24) is 0 Å². The zero-order valence-corrected chi connectivity index (χ0v) is 22.6. The molecule has 0 amide bonds. The number of halogens is 15. The molecule has 0 saturated heterocycles. The lowest BCUT2D eigenvalue weighted by Gasteiger charge is -2.40. The molecule has 240 valence electrons. The van der Waals surface area contributed by atoms with E-state index in [0.29, 0.717) is 5.56 Å². The van der Waals surface area contributed by atoms with E-state index in [2.05, 4.69) is 0 Å². The zero-order valence-electron chi connectivity index (χ0n) is 22.6. The van der Waals surface area contributed by atoms with Crippen molar-refractivity contribution in [2.75, 3.05) is 0 Å². The topological polar surface area (TPSA) is 16.6 Å². The first kappa shape index (κ1) is 33.7. The predicted octanol–water partition coefficient (Wildman–Crippen LogP) is 5.93. The van der Waals surface area contributed by atoms with E-state index >= 15 is 26.3 Å². The third kappa shape index (κ3) is 5.00. The second kappa shape index (κ2) is 11.3. The van der Waals surface area contributed by atoms with Crippen molar-refractivity contribution < 1.29 is 71.1 Å². The number of benzene rings is 4. The van der Waals surface area contributed by atoms with Crippen molar-refractivity contribution in [2.24, 2.45) is 0 Å². The first-order chi connectivity index (χ1) is 20.7. The number of hydrogen-bond donors (Lipinski definition) is 1. The summed E-state index contributed by atoms with van der Waals surface area (Å²) < 4.78 is 223. The molecule has 0 atom stereocenters. The molecule has 1 nitrogen and oxygen atoms in total. The third-order valence-corrected chi connectivity index (χ3v) is 7.32. The van der Waals surface area contributed by atoms with Gasteiger partial charge in [0.25, 0.3) is 0 Å². The van der Waals surface area contributed by atoms with Crippen LogP contribution in [0.4, 0.5) is 71.5 Å². The molecule has 17 heteroatoms. The molecule has 4 aromatic rings. The van der Waals surface area contributed by atoms with Gasteiger partial charge in [-0.25, -0.2) is 65.9 Å². The van der Waals surface area contributed by atoms with Crippen molar-refractivity contribution in [1.29, 1.82) is 0 Å². The van der Waals surface area contributed by atoms with Gasteiger partial charge in [-0.15, -0.1) is 0 Å². The van der Waals surface area contributed by atoms with Crippen LogP contribution in [0.25, 0.3) is 0 Å². The van der Waals surface area contributed by atoms with Crippen LogP contribution in [0.1, 0.15) is 26.3 Å². The average molecular weight is 661 g/mol. The molecule has 2 N–H and O–H groups in total. The minimum absolute atomic E-state index is 0.0960. The third-order valence-electron chi connectivity index (χ3n) is 7.32. The highest BCUT2D eigenvalue weighted by Crippen LogP contribution is 2.27. The summed E-state index contributed by atoms with van der Waals surface area (Å²) in [5.74, 6) is -45.5. The lowest BCUT2D eigenvalue weighted by atomic mass is 9.23. The highest BCUT2D eigenvalue weighted by molar-refractivity contribution is 7.05. The summed E-state index contributed by atoms with van der Waals surface area (Å²) >= 11 is 0. The van der Waals surface area contributed by atoms with E-state index in [0.717, 1.165) is 12.1 Å². The fourth-order valence-electron chi connectivity index (χ4n) is 5.13. The Morgan fingerprint density at radius 2 is 0.600 bits per heavy atom. The molecule has 0 aliphatic rings. The van der Waals surface area contributed by atoms with E-state index < -0.39 is 121 Å². The van der Waals surface area contributed by atoms with Gasteiger partial charge in [-0.2, -0.15) is 0 Å². The maximum atomic E-state index is 15.5. The number of nitrogens with two attached hydrogens (primary N) is 1. The van der Waals surface area contributed by atoms with Gasteiger partial charge in [-0.3, -0.25) is 0 Å².